The first-order chi connectivity index (χ1) is 11.7. The van der Waals surface area contributed by atoms with E-state index in [1.807, 2.05) is 43.5 Å². The first-order valence-corrected chi connectivity index (χ1v) is 8.17. The van der Waals surface area contributed by atoms with Gasteiger partial charge in [0.2, 0.25) is 0 Å². The molecule has 0 bridgehead atoms. The van der Waals surface area contributed by atoms with Crippen LogP contribution in [0.25, 0.3) is 11.1 Å². The third-order valence-corrected chi connectivity index (χ3v) is 4.02. The van der Waals surface area contributed by atoms with Crippen molar-refractivity contribution in [2.45, 2.75) is 19.6 Å². The van der Waals surface area contributed by atoms with Gasteiger partial charge in [-0.25, -0.2) is 0 Å². The van der Waals surface area contributed by atoms with Crippen LogP contribution in [0.2, 0.25) is 0 Å². The minimum atomic E-state index is -0.494. The van der Waals surface area contributed by atoms with E-state index in [0.29, 0.717) is 6.54 Å². The van der Waals surface area contributed by atoms with Gasteiger partial charge in [-0.1, -0.05) is 54.1 Å². The quantitative estimate of drug-likeness (QED) is 0.725. The highest BCUT2D eigenvalue weighted by atomic mass is 16.3. The van der Waals surface area contributed by atoms with Crippen molar-refractivity contribution < 1.29 is 5.11 Å². The fourth-order valence-corrected chi connectivity index (χ4v) is 2.74. The van der Waals surface area contributed by atoms with Crippen LogP contribution in [0.5, 0.6) is 0 Å². The molecule has 3 heteroatoms. The zero-order valence-corrected chi connectivity index (χ0v) is 13.8. The standard InChI is InChI=1S/C21H22N2O/c1-16-5-2-8-19(11-16)21(24)15-23-13-17-6-3-7-18(12-17)20-9-4-10-22-14-20/h2-12,14,21,23-24H,13,15H2,1H3. The van der Waals surface area contributed by atoms with E-state index >= 15 is 0 Å². The van der Waals surface area contributed by atoms with Gasteiger partial charge in [-0.2, -0.15) is 0 Å². The molecule has 1 heterocycles. The number of rotatable bonds is 6. The molecule has 0 amide bonds. The van der Waals surface area contributed by atoms with E-state index in [9.17, 15) is 5.11 Å². The third-order valence-electron chi connectivity index (χ3n) is 4.02. The smallest absolute Gasteiger partial charge is 0.0914 e. The van der Waals surface area contributed by atoms with E-state index in [1.165, 1.54) is 5.56 Å². The Morgan fingerprint density at radius 1 is 1.00 bits per heavy atom. The second-order valence-electron chi connectivity index (χ2n) is 6.00. The maximum atomic E-state index is 10.3. The predicted molar refractivity (Wildman–Crippen MR) is 97.5 cm³/mol. The average molecular weight is 318 g/mol. The summed E-state index contributed by atoms with van der Waals surface area (Å²) in [5.41, 5.74) is 5.57. The summed E-state index contributed by atoms with van der Waals surface area (Å²) >= 11 is 0. The van der Waals surface area contributed by atoms with Gasteiger partial charge in [0.05, 0.1) is 6.10 Å². The molecule has 0 saturated carbocycles. The normalized spacial score (nSPS) is 12.1. The second-order valence-corrected chi connectivity index (χ2v) is 6.00. The van der Waals surface area contributed by atoms with Crippen LogP contribution in [0, 0.1) is 6.92 Å². The van der Waals surface area contributed by atoms with Crippen LogP contribution in [0.1, 0.15) is 22.8 Å². The summed E-state index contributed by atoms with van der Waals surface area (Å²) in [6, 6.07) is 20.4. The molecule has 0 aliphatic rings. The van der Waals surface area contributed by atoms with Gasteiger partial charge in [-0.05, 0) is 41.3 Å². The monoisotopic (exact) mass is 318 g/mol. The molecule has 0 spiro atoms. The molecule has 3 nitrogen and oxygen atoms in total. The van der Waals surface area contributed by atoms with E-state index in [-0.39, 0.29) is 0 Å². The maximum absolute atomic E-state index is 10.3. The van der Waals surface area contributed by atoms with Crippen LogP contribution in [0.4, 0.5) is 0 Å². The van der Waals surface area contributed by atoms with Crippen molar-refractivity contribution in [3.8, 4) is 11.1 Å². The molecule has 1 unspecified atom stereocenters. The zero-order chi connectivity index (χ0) is 16.8. The molecule has 3 rings (SSSR count). The summed E-state index contributed by atoms with van der Waals surface area (Å²) in [5, 5.41) is 13.6. The Balaban J connectivity index is 1.59. The fraction of sp³-hybridized carbons (Fsp3) is 0.190. The van der Waals surface area contributed by atoms with Gasteiger partial charge in [0.25, 0.3) is 0 Å². The lowest BCUT2D eigenvalue weighted by Gasteiger charge is -2.13. The minimum absolute atomic E-state index is 0.494. The molecule has 0 aliphatic carbocycles. The molecule has 0 fully saturated rings. The van der Waals surface area contributed by atoms with E-state index < -0.39 is 6.10 Å². The number of pyridine rings is 1. The number of benzene rings is 2. The summed E-state index contributed by atoms with van der Waals surface area (Å²) in [5.74, 6) is 0. The summed E-state index contributed by atoms with van der Waals surface area (Å²) in [7, 11) is 0. The Hall–Kier alpha value is -2.49. The van der Waals surface area contributed by atoms with E-state index in [2.05, 4.69) is 40.6 Å². The Morgan fingerprint density at radius 2 is 1.83 bits per heavy atom. The van der Waals surface area contributed by atoms with Crippen LogP contribution in [-0.4, -0.2) is 16.6 Å². The van der Waals surface area contributed by atoms with Crippen molar-refractivity contribution in [3.63, 3.8) is 0 Å². The van der Waals surface area contributed by atoms with Crippen LogP contribution in [-0.2, 0) is 6.54 Å². The molecule has 24 heavy (non-hydrogen) atoms. The van der Waals surface area contributed by atoms with Crippen molar-refractivity contribution in [1.29, 1.82) is 0 Å². The Morgan fingerprint density at radius 3 is 2.62 bits per heavy atom. The van der Waals surface area contributed by atoms with Crippen molar-refractivity contribution in [2.24, 2.45) is 0 Å². The fourth-order valence-electron chi connectivity index (χ4n) is 2.74. The lowest BCUT2D eigenvalue weighted by molar-refractivity contribution is 0.174. The highest BCUT2D eigenvalue weighted by molar-refractivity contribution is 5.62. The number of aryl methyl sites for hydroxylation is 1. The highest BCUT2D eigenvalue weighted by Crippen LogP contribution is 2.19. The average Bonchev–Trinajstić information content (AvgIpc) is 2.63. The molecule has 0 radical (unpaired) electrons. The highest BCUT2D eigenvalue weighted by Gasteiger charge is 2.07. The Labute approximate surface area is 143 Å². The lowest BCUT2D eigenvalue weighted by atomic mass is 10.0. The van der Waals surface area contributed by atoms with Crippen molar-refractivity contribution >= 4 is 0 Å². The SMILES string of the molecule is Cc1cccc(C(O)CNCc2cccc(-c3cccnc3)c2)c1. The van der Waals surface area contributed by atoms with Crippen molar-refractivity contribution in [1.82, 2.24) is 10.3 Å². The number of aromatic nitrogens is 1. The molecule has 2 N–H and O–H groups in total. The molecule has 0 saturated heterocycles. The maximum Gasteiger partial charge on any atom is 0.0914 e. The largest absolute Gasteiger partial charge is 0.387 e. The number of nitrogens with one attached hydrogen (secondary N) is 1. The third kappa shape index (κ3) is 4.28. The molecular weight excluding hydrogens is 296 g/mol. The Kier molecular flexibility index (Phi) is 5.36. The summed E-state index contributed by atoms with van der Waals surface area (Å²) < 4.78 is 0. The predicted octanol–water partition coefficient (Wildman–Crippen LogP) is 3.88. The summed E-state index contributed by atoms with van der Waals surface area (Å²) in [6.07, 6.45) is 3.15. The van der Waals surface area contributed by atoms with Crippen molar-refractivity contribution in [3.05, 3.63) is 89.7 Å². The molecule has 3 aromatic rings. The van der Waals surface area contributed by atoms with Gasteiger partial charge in [-0.3, -0.25) is 4.98 Å². The van der Waals surface area contributed by atoms with E-state index in [4.69, 9.17) is 0 Å². The summed E-state index contributed by atoms with van der Waals surface area (Å²) in [6.45, 7) is 3.28. The first kappa shape index (κ1) is 16.4. The Bertz CT molecular complexity index is 787. The molecule has 1 aromatic heterocycles. The van der Waals surface area contributed by atoms with Gasteiger partial charge in [0, 0.05) is 25.5 Å². The van der Waals surface area contributed by atoms with Gasteiger partial charge >= 0.3 is 0 Å². The van der Waals surface area contributed by atoms with Crippen LogP contribution >= 0.6 is 0 Å². The summed E-state index contributed by atoms with van der Waals surface area (Å²) in [4.78, 5) is 4.17. The molecule has 2 aromatic carbocycles. The lowest BCUT2D eigenvalue weighted by Crippen LogP contribution is -2.21. The van der Waals surface area contributed by atoms with Gasteiger partial charge in [0.1, 0.15) is 0 Å². The molecule has 1 atom stereocenters. The zero-order valence-electron chi connectivity index (χ0n) is 13.8. The number of aliphatic hydroxyl groups excluding tert-OH is 1. The number of hydrogen-bond acceptors (Lipinski definition) is 3. The van der Waals surface area contributed by atoms with E-state index in [1.54, 1.807) is 6.20 Å². The number of aliphatic hydroxyl groups is 1. The molecule has 0 aliphatic heterocycles. The minimum Gasteiger partial charge on any atom is -0.387 e. The number of hydrogen-bond donors (Lipinski definition) is 2. The number of nitrogens with zero attached hydrogens (tertiary/aromatic N) is 1. The first-order valence-electron chi connectivity index (χ1n) is 8.17. The molecule has 122 valence electrons. The van der Waals surface area contributed by atoms with Crippen LogP contribution < -0.4 is 5.32 Å². The van der Waals surface area contributed by atoms with Crippen LogP contribution in [0.3, 0.4) is 0 Å². The van der Waals surface area contributed by atoms with Crippen molar-refractivity contribution in [2.75, 3.05) is 6.54 Å². The van der Waals surface area contributed by atoms with Gasteiger partial charge < -0.3 is 10.4 Å². The van der Waals surface area contributed by atoms with Crippen LogP contribution in [0.15, 0.2) is 73.1 Å². The van der Waals surface area contributed by atoms with E-state index in [0.717, 1.165) is 28.8 Å². The van der Waals surface area contributed by atoms with Gasteiger partial charge in [-0.15, -0.1) is 0 Å². The molecular formula is C21H22N2O. The topological polar surface area (TPSA) is 45.1 Å². The second kappa shape index (κ2) is 7.86. The van der Waals surface area contributed by atoms with Gasteiger partial charge in [0.15, 0.2) is 0 Å².